The highest BCUT2D eigenvalue weighted by atomic mass is 16.5. The van der Waals surface area contributed by atoms with Gasteiger partial charge in [0.05, 0.1) is 12.1 Å². The van der Waals surface area contributed by atoms with E-state index in [1.807, 2.05) is 18.2 Å². The highest BCUT2D eigenvalue weighted by Crippen LogP contribution is 2.38. The summed E-state index contributed by atoms with van der Waals surface area (Å²) in [5, 5.41) is 4.50. The Morgan fingerprint density at radius 3 is 2.41 bits per heavy atom. The van der Waals surface area contributed by atoms with Crippen LogP contribution in [0.3, 0.4) is 0 Å². The molecule has 3 aliphatic rings. The number of piperidine rings is 1. The Kier molecular flexibility index (Phi) is 5.30. The zero-order chi connectivity index (χ0) is 19.6. The predicted molar refractivity (Wildman–Crippen MR) is 114 cm³/mol. The summed E-state index contributed by atoms with van der Waals surface area (Å²) in [6.45, 7) is 2.65. The van der Waals surface area contributed by atoms with Crippen LogP contribution in [0.25, 0.3) is 11.3 Å². The lowest BCUT2D eigenvalue weighted by Gasteiger charge is -2.29. The van der Waals surface area contributed by atoms with E-state index in [0.717, 1.165) is 61.5 Å². The van der Waals surface area contributed by atoms with Crippen LogP contribution in [0.15, 0.2) is 34.9 Å². The van der Waals surface area contributed by atoms with Crippen LogP contribution in [0.4, 0.5) is 5.88 Å². The molecule has 3 fully saturated rings. The van der Waals surface area contributed by atoms with E-state index in [4.69, 9.17) is 4.52 Å². The number of aromatic nitrogens is 1. The summed E-state index contributed by atoms with van der Waals surface area (Å²) in [7, 11) is 0. The van der Waals surface area contributed by atoms with Gasteiger partial charge in [-0.2, -0.15) is 0 Å². The average Bonchev–Trinajstić information content (AvgIpc) is 3.29. The summed E-state index contributed by atoms with van der Waals surface area (Å²) in [6.07, 6.45) is 10.4. The molecule has 2 heterocycles. The number of amides is 1. The largest absolute Gasteiger partial charge is 0.340 e. The summed E-state index contributed by atoms with van der Waals surface area (Å²) in [5.74, 6) is 1.46. The predicted octanol–water partition coefficient (Wildman–Crippen LogP) is 5.01. The number of anilines is 1. The van der Waals surface area contributed by atoms with E-state index in [2.05, 4.69) is 27.1 Å². The van der Waals surface area contributed by atoms with Crippen molar-refractivity contribution in [2.45, 2.75) is 70.4 Å². The summed E-state index contributed by atoms with van der Waals surface area (Å²) in [5.41, 5.74) is 3.06. The molecule has 1 amide bonds. The van der Waals surface area contributed by atoms with Crippen molar-refractivity contribution < 1.29 is 9.32 Å². The van der Waals surface area contributed by atoms with Gasteiger partial charge in [0.15, 0.2) is 0 Å². The maximum atomic E-state index is 13.3. The first kappa shape index (κ1) is 18.7. The topological polar surface area (TPSA) is 49.6 Å². The molecule has 0 atom stereocenters. The zero-order valence-corrected chi connectivity index (χ0v) is 17.2. The maximum absolute atomic E-state index is 13.3. The van der Waals surface area contributed by atoms with Crippen LogP contribution in [-0.4, -0.2) is 35.1 Å². The van der Waals surface area contributed by atoms with E-state index >= 15 is 0 Å². The number of carbonyl (C=O) groups is 1. The van der Waals surface area contributed by atoms with Gasteiger partial charge in [-0.3, -0.25) is 4.79 Å². The minimum Gasteiger partial charge on any atom is -0.340 e. The third-order valence-electron chi connectivity index (χ3n) is 6.76. The fraction of sp³-hybridized carbons (Fsp3) is 0.583. The molecule has 2 aliphatic carbocycles. The molecule has 29 heavy (non-hydrogen) atoms. The van der Waals surface area contributed by atoms with E-state index in [-0.39, 0.29) is 5.92 Å². The number of hydrogen-bond acceptors (Lipinski definition) is 4. The van der Waals surface area contributed by atoms with Crippen molar-refractivity contribution in [1.82, 2.24) is 10.1 Å². The quantitative estimate of drug-likeness (QED) is 0.692. The standard InChI is InChI=1S/C24H31N3O2/c28-23(19-11-5-6-12-19)27(20-13-14-20)17-21-22(18-9-3-1-4-10-18)25-29-24(21)26-15-7-2-8-16-26/h1,3-4,9-10,19-20H,2,5-8,11-17H2. The Morgan fingerprint density at radius 2 is 1.72 bits per heavy atom. The van der Waals surface area contributed by atoms with Crippen LogP contribution in [-0.2, 0) is 11.3 Å². The number of benzene rings is 1. The summed E-state index contributed by atoms with van der Waals surface area (Å²) >= 11 is 0. The van der Waals surface area contributed by atoms with Gasteiger partial charge in [-0.1, -0.05) is 48.3 Å². The first-order chi connectivity index (χ1) is 14.3. The third kappa shape index (κ3) is 3.92. The van der Waals surface area contributed by atoms with Crippen LogP contribution in [0.1, 0.15) is 63.4 Å². The molecule has 1 aliphatic heterocycles. The second kappa shape index (κ2) is 8.21. The van der Waals surface area contributed by atoms with Crippen molar-refractivity contribution in [3.8, 4) is 11.3 Å². The van der Waals surface area contributed by atoms with Gasteiger partial charge in [0, 0.05) is 30.6 Å². The zero-order valence-electron chi connectivity index (χ0n) is 17.2. The molecule has 2 aromatic rings. The Balaban J connectivity index is 1.49. The molecule has 2 saturated carbocycles. The smallest absolute Gasteiger partial charge is 0.232 e. The van der Waals surface area contributed by atoms with Gasteiger partial charge in [0.25, 0.3) is 0 Å². The number of hydrogen-bond donors (Lipinski definition) is 0. The Morgan fingerprint density at radius 1 is 1.00 bits per heavy atom. The van der Waals surface area contributed by atoms with Crippen LogP contribution in [0.2, 0.25) is 0 Å². The van der Waals surface area contributed by atoms with E-state index < -0.39 is 0 Å². The lowest BCUT2D eigenvalue weighted by atomic mass is 10.0. The van der Waals surface area contributed by atoms with Gasteiger partial charge >= 0.3 is 0 Å². The van der Waals surface area contributed by atoms with E-state index in [1.165, 1.54) is 32.1 Å². The molecule has 5 rings (SSSR count). The normalized spacial score (nSPS) is 20.2. The van der Waals surface area contributed by atoms with Crippen LogP contribution < -0.4 is 4.90 Å². The van der Waals surface area contributed by atoms with Crippen molar-refractivity contribution in [2.24, 2.45) is 5.92 Å². The van der Waals surface area contributed by atoms with Crippen molar-refractivity contribution in [2.75, 3.05) is 18.0 Å². The molecule has 0 radical (unpaired) electrons. The molecule has 5 heteroatoms. The Hall–Kier alpha value is -2.30. The molecule has 5 nitrogen and oxygen atoms in total. The molecule has 0 spiro atoms. The molecule has 1 aromatic carbocycles. The van der Waals surface area contributed by atoms with E-state index in [9.17, 15) is 4.79 Å². The van der Waals surface area contributed by atoms with E-state index in [1.54, 1.807) is 0 Å². The molecule has 1 aromatic heterocycles. The number of carbonyl (C=O) groups excluding carboxylic acids is 1. The minimum atomic E-state index is 0.217. The molecule has 154 valence electrons. The summed E-state index contributed by atoms with van der Waals surface area (Å²) < 4.78 is 5.93. The van der Waals surface area contributed by atoms with Gasteiger partial charge in [0.1, 0.15) is 5.69 Å². The maximum Gasteiger partial charge on any atom is 0.232 e. The molecular formula is C24H31N3O2. The summed E-state index contributed by atoms with van der Waals surface area (Å²) in [4.78, 5) is 17.8. The molecule has 0 bridgehead atoms. The number of rotatable bonds is 6. The van der Waals surface area contributed by atoms with E-state index in [0.29, 0.717) is 18.5 Å². The monoisotopic (exact) mass is 393 g/mol. The first-order valence-electron chi connectivity index (χ1n) is 11.4. The van der Waals surface area contributed by atoms with Gasteiger partial charge in [-0.15, -0.1) is 0 Å². The average molecular weight is 394 g/mol. The highest BCUT2D eigenvalue weighted by molar-refractivity contribution is 5.80. The van der Waals surface area contributed by atoms with Gasteiger partial charge in [0.2, 0.25) is 11.8 Å². The van der Waals surface area contributed by atoms with Gasteiger partial charge in [-0.05, 0) is 44.9 Å². The van der Waals surface area contributed by atoms with Crippen molar-refractivity contribution in [3.63, 3.8) is 0 Å². The fourth-order valence-corrected chi connectivity index (χ4v) is 4.96. The Bertz CT molecular complexity index is 831. The SMILES string of the molecule is O=C(C1CCCC1)N(Cc1c(-c2ccccc2)noc1N1CCCCC1)C1CC1. The molecule has 0 N–H and O–H groups in total. The highest BCUT2D eigenvalue weighted by Gasteiger charge is 2.38. The Labute approximate surface area is 173 Å². The molecule has 0 unspecified atom stereocenters. The van der Waals surface area contributed by atoms with Gasteiger partial charge < -0.3 is 14.3 Å². The second-order valence-electron chi connectivity index (χ2n) is 8.91. The van der Waals surface area contributed by atoms with Crippen LogP contribution in [0.5, 0.6) is 0 Å². The molecule has 1 saturated heterocycles. The fourth-order valence-electron chi connectivity index (χ4n) is 4.96. The van der Waals surface area contributed by atoms with Crippen LogP contribution in [0, 0.1) is 5.92 Å². The van der Waals surface area contributed by atoms with Crippen molar-refractivity contribution in [1.29, 1.82) is 0 Å². The lowest BCUT2D eigenvalue weighted by molar-refractivity contribution is -0.136. The third-order valence-corrected chi connectivity index (χ3v) is 6.76. The summed E-state index contributed by atoms with van der Waals surface area (Å²) in [6, 6.07) is 10.7. The molecular weight excluding hydrogens is 362 g/mol. The van der Waals surface area contributed by atoms with Crippen molar-refractivity contribution in [3.05, 3.63) is 35.9 Å². The second-order valence-corrected chi connectivity index (χ2v) is 8.91. The minimum absolute atomic E-state index is 0.217. The van der Waals surface area contributed by atoms with Crippen LogP contribution >= 0.6 is 0 Å². The lowest BCUT2D eigenvalue weighted by Crippen LogP contribution is -2.37. The first-order valence-corrected chi connectivity index (χ1v) is 11.4. The van der Waals surface area contributed by atoms with Gasteiger partial charge in [-0.25, -0.2) is 0 Å². The number of nitrogens with zero attached hydrogens (tertiary/aromatic N) is 3. The van der Waals surface area contributed by atoms with Crippen molar-refractivity contribution >= 4 is 11.8 Å².